The maximum Gasteiger partial charge on any atom is 0.266 e. The predicted octanol–water partition coefficient (Wildman–Crippen LogP) is 2.42. The van der Waals surface area contributed by atoms with E-state index in [1.807, 2.05) is 13.8 Å². The molecule has 0 bridgehead atoms. The molecule has 0 spiro atoms. The Bertz CT molecular complexity index is 864. The summed E-state index contributed by atoms with van der Waals surface area (Å²) in [5.41, 5.74) is 3.55. The number of nitrogens with one attached hydrogen (secondary N) is 2. The molecule has 2 aromatic carbocycles. The Hall–Kier alpha value is -2.58. The van der Waals surface area contributed by atoms with Gasteiger partial charge in [-0.25, -0.2) is 8.42 Å². The van der Waals surface area contributed by atoms with Crippen LogP contribution < -0.4 is 19.7 Å². The minimum absolute atomic E-state index is 0.0476. The van der Waals surface area contributed by atoms with Crippen molar-refractivity contribution >= 4 is 15.9 Å². The van der Waals surface area contributed by atoms with Gasteiger partial charge in [-0.1, -0.05) is 17.7 Å². The van der Waals surface area contributed by atoms with Crippen molar-refractivity contribution in [2.45, 2.75) is 25.7 Å². The first kappa shape index (κ1) is 19.7. The average Bonchev–Trinajstić information content (AvgIpc) is 2.62. The molecule has 140 valence electrons. The van der Waals surface area contributed by atoms with Crippen molar-refractivity contribution in [1.29, 1.82) is 0 Å². The second-order valence-corrected chi connectivity index (χ2v) is 7.08. The second-order valence-electron chi connectivity index (χ2n) is 5.40. The minimum atomic E-state index is -3.96. The first-order valence-corrected chi connectivity index (χ1v) is 9.64. The zero-order valence-corrected chi connectivity index (χ0v) is 15.7. The fraction of sp³-hybridized carbons (Fsp3) is 0.278. The van der Waals surface area contributed by atoms with Gasteiger partial charge in [0.2, 0.25) is 0 Å². The smallest absolute Gasteiger partial charge is 0.266 e. The number of hydrogen-bond donors (Lipinski definition) is 2. The van der Waals surface area contributed by atoms with Crippen LogP contribution in [0.3, 0.4) is 0 Å². The molecule has 0 atom stereocenters. The predicted molar refractivity (Wildman–Crippen MR) is 97.7 cm³/mol. The number of carbonyl (C=O) groups excluding carboxylic acids is 1. The molecule has 2 aromatic rings. The molecule has 0 aliphatic heterocycles. The normalized spacial score (nSPS) is 11.0. The molecule has 26 heavy (non-hydrogen) atoms. The number of hydrazine groups is 1. The van der Waals surface area contributed by atoms with Crippen LogP contribution in [-0.2, 0) is 10.0 Å². The van der Waals surface area contributed by atoms with Crippen molar-refractivity contribution in [3.8, 4) is 11.5 Å². The van der Waals surface area contributed by atoms with Crippen LogP contribution in [0.2, 0.25) is 0 Å². The fourth-order valence-electron chi connectivity index (χ4n) is 2.15. The summed E-state index contributed by atoms with van der Waals surface area (Å²) in [6.07, 6.45) is 0. The monoisotopic (exact) mass is 378 g/mol. The maximum atomic E-state index is 12.4. The van der Waals surface area contributed by atoms with E-state index < -0.39 is 15.9 Å². The molecule has 0 aliphatic carbocycles. The molecule has 2 rings (SSSR count). The molecule has 0 aromatic heterocycles. The third-order valence-electron chi connectivity index (χ3n) is 3.44. The van der Waals surface area contributed by atoms with Gasteiger partial charge in [-0.15, -0.1) is 4.83 Å². The van der Waals surface area contributed by atoms with Crippen molar-refractivity contribution in [3.05, 3.63) is 53.6 Å². The van der Waals surface area contributed by atoms with Crippen LogP contribution in [0.4, 0.5) is 0 Å². The Morgan fingerprint density at radius 2 is 1.58 bits per heavy atom. The lowest BCUT2D eigenvalue weighted by Gasteiger charge is -2.13. The van der Waals surface area contributed by atoms with E-state index in [1.165, 1.54) is 18.2 Å². The van der Waals surface area contributed by atoms with E-state index in [9.17, 15) is 13.2 Å². The average molecular weight is 378 g/mol. The molecule has 0 saturated carbocycles. The highest BCUT2D eigenvalue weighted by Gasteiger charge is 2.18. The molecule has 0 unspecified atom stereocenters. The largest absolute Gasteiger partial charge is 0.490 e. The lowest BCUT2D eigenvalue weighted by molar-refractivity contribution is 0.0945. The summed E-state index contributed by atoms with van der Waals surface area (Å²) >= 11 is 0. The van der Waals surface area contributed by atoms with E-state index in [2.05, 4.69) is 10.3 Å². The van der Waals surface area contributed by atoms with Gasteiger partial charge in [-0.05, 0) is 45.0 Å². The second kappa shape index (κ2) is 8.68. The summed E-state index contributed by atoms with van der Waals surface area (Å²) in [4.78, 5) is 14.1. The lowest BCUT2D eigenvalue weighted by Crippen LogP contribution is -2.41. The van der Waals surface area contributed by atoms with Gasteiger partial charge in [-0.3, -0.25) is 10.2 Å². The van der Waals surface area contributed by atoms with Crippen molar-refractivity contribution in [2.75, 3.05) is 13.2 Å². The fourth-order valence-corrected chi connectivity index (χ4v) is 3.00. The van der Waals surface area contributed by atoms with Gasteiger partial charge < -0.3 is 9.47 Å². The third kappa shape index (κ3) is 4.96. The Balaban J connectivity index is 2.15. The zero-order valence-electron chi connectivity index (χ0n) is 14.9. The minimum Gasteiger partial charge on any atom is -0.490 e. The van der Waals surface area contributed by atoms with E-state index >= 15 is 0 Å². The number of ether oxygens (including phenoxy) is 2. The SMILES string of the molecule is CCOc1ccc(S(=O)(=O)NNC(=O)c2ccc(C)cc2)cc1OCC. The van der Waals surface area contributed by atoms with Crippen molar-refractivity contribution in [1.82, 2.24) is 10.3 Å². The van der Waals surface area contributed by atoms with E-state index in [1.54, 1.807) is 31.2 Å². The van der Waals surface area contributed by atoms with Gasteiger partial charge in [0.15, 0.2) is 11.5 Å². The number of benzene rings is 2. The highest BCUT2D eigenvalue weighted by Crippen LogP contribution is 2.30. The Morgan fingerprint density at radius 3 is 2.19 bits per heavy atom. The van der Waals surface area contributed by atoms with Gasteiger partial charge in [0.05, 0.1) is 18.1 Å². The summed E-state index contributed by atoms with van der Waals surface area (Å²) in [6.45, 7) is 6.30. The van der Waals surface area contributed by atoms with E-state index in [4.69, 9.17) is 9.47 Å². The molecule has 7 nitrogen and oxygen atoms in total. The molecule has 0 saturated heterocycles. The van der Waals surface area contributed by atoms with Crippen LogP contribution in [0.1, 0.15) is 29.8 Å². The van der Waals surface area contributed by atoms with Gasteiger partial charge in [0, 0.05) is 11.6 Å². The van der Waals surface area contributed by atoms with Crippen LogP contribution in [0.15, 0.2) is 47.4 Å². The third-order valence-corrected chi connectivity index (χ3v) is 4.68. The van der Waals surface area contributed by atoms with Crippen molar-refractivity contribution in [2.24, 2.45) is 0 Å². The van der Waals surface area contributed by atoms with Gasteiger partial charge in [0.25, 0.3) is 15.9 Å². The first-order chi connectivity index (χ1) is 12.4. The van der Waals surface area contributed by atoms with Crippen LogP contribution in [0, 0.1) is 6.92 Å². The van der Waals surface area contributed by atoms with E-state index in [0.29, 0.717) is 30.3 Å². The molecule has 0 heterocycles. The molecular formula is C18H22N2O5S. The highest BCUT2D eigenvalue weighted by molar-refractivity contribution is 7.89. The van der Waals surface area contributed by atoms with Gasteiger partial charge in [0.1, 0.15) is 0 Å². The van der Waals surface area contributed by atoms with Crippen molar-refractivity contribution < 1.29 is 22.7 Å². The molecular weight excluding hydrogens is 356 g/mol. The molecule has 0 radical (unpaired) electrons. The molecule has 0 aliphatic rings. The van der Waals surface area contributed by atoms with E-state index in [0.717, 1.165) is 5.56 Å². The Kier molecular flexibility index (Phi) is 6.59. The number of carbonyl (C=O) groups is 1. The summed E-state index contributed by atoms with van der Waals surface area (Å²) < 4.78 is 35.7. The maximum absolute atomic E-state index is 12.4. The summed E-state index contributed by atoms with van der Waals surface area (Å²) in [7, 11) is -3.96. The molecule has 2 N–H and O–H groups in total. The van der Waals surface area contributed by atoms with Gasteiger partial charge in [-0.2, -0.15) is 0 Å². The Labute approximate surface area is 153 Å². The molecule has 1 amide bonds. The van der Waals surface area contributed by atoms with Gasteiger partial charge >= 0.3 is 0 Å². The summed E-state index contributed by atoms with van der Waals surface area (Å²) in [6, 6.07) is 11.0. The number of amides is 1. The number of hydrogen-bond acceptors (Lipinski definition) is 5. The number of sulfonamides is 1. The molecule has 0 fully saturated rings. The van der Waals surface area contributed by atoms with Crippen LogP contribution in [0.5, 0.6) is 11.5 Å². The first-order valence-electron chi connectivity index (χ1n) is 8.15. The van der Waals surface area contributed by atoms with Crippen LogP contribution >= 0.6 is 0 Å². The van der Waals surface area contributed by atoms with Crippen LogP contribution in [-0.4, -0.2) is 27.5 Å². The Morgan fingerprint density at radius 1 is 0.962 bits per heavy atom. The standard InChI is InChI=1S/C18H22N2O5S/c1-4-24-16-11-10-15(12-17(16)25-5-2)26(22,23)20-19-18(21)14-8-6-13(3)7-9-14/h6-12,20H,4-5H2,1-3H3,(H,19,21). The lowest BCUT2D eigenvalue weighted by atomic mass is 10.1. The number of rotatable bonds is 8. The quantitative estimate of drug-likeness (QED) is 0.688. The summed E-state index contributed by atoms with van der Waals surface area (Å²) in [5, 5.41) is 0. The summed E-state index contributed by atoms with van der Waals surface area (Å²) in [5.74, 6) is 0.226. The number of aryl methyl sites for hydroxylation is 1. The highest BCUT2D eigenvalue weighted by atomic mass is 32.2. The van der Waals surface area contributed by atoms with E-state index in [-0.39, 0.29) is 4.90 Å². The molecule has 8 heteroatoms. The van der Waals surface area contributed by atoms with Crippen molar-refractivity contribution in [3.63, 3.8) is 0 Å². The topological polar surface area (TPSA) is 93.7 Å². The van der Waals surface area contributed by atoms with Crippen LogP contribution in [0.25, 0.3) is 0 Å². The zero-order chi connectivity index (χ0) is 19.2.